The molecule has 10 heteroatoms. The lowest BCUT2D eigenvalue weighted by Crippen LogP contribution is -2.29. The number of hydrogen-bond acceptors (Lipinski definition) is 8. The van der Waals surface area contributed by atoms with Crippen LogP contribution in [0.4, 0.5) is 9.52 Å². The number of Topliss-reactive ketones (excluding diaryl/α,β-unsaturated/α-hetero) is 1. The zero-order chi connectivity index (χ0) is 24.6. The van der Waals surface area contributed by atoms with Crippen LogP contribution in [-0.2, 0) is 14.3 Å². The first-order valence-electron chi connectivity index (χ1n) is 10.0. The number of aryl methyl sites for hydroxylation is 1. The average molecular weight is 482 g/mol. The van der Waals surface area contributed by atoms with Gasteiger partial charge in [-0.25, -0.2) is 14.2 Å². The zero-order valence-electron chi connectivity index (χ0n) is 18.4. The molecular formula is C24H19FN2O6S. The predicted octanol–water partition coefficient (Wildman–Crippen LogP) is 4.01. The number of aliphatic hydroxyl groups is 1. The number of carbonyl (C=O) groups excluding carboxylic acids is 3. The fraction of sp³-hybridized carbons (Fsp3) is 0.167. The number of aromatic nitrogens is 1. The Bertz CT molecular complexity index is 1350. The number of anilines is 1. The molecule has 0 spiro atoms. The number of ether oxygens (including phenoxy) is 2. The van der Waals surface area contributed by atoms with Crippen molar-refractivity contribution in [2.45, 2.75) is 13.0 Å². The summed E-state index contributed by atoms with van der Waals surface area (Å²) >= 11 is 0.836. The van der Waals surface area contributed by atoms with E-state index in [1.165, 1.54) is 44.6 Å². The molecule has 0 bridgehead atoms. The van der Waals surface area contributed by atoms with Gasteiger partial charge in [-0.2, -0.15) is 0 Å². The molecule has 1 saturated heterocycles. The summed E-state index contributed by atoms with van der Waals surface area (Å²) in [6, 6.07) is 10.6. The first-order chi connectivity index (χ1) is 16.3. The first-order valence-corrected chi connectivity index (χ1v) is 10.9. The topological polar surface area (TPSA) is 106 Å². The lowest BCUT2D eigenvalue weighted by Gasteiger charge is -2.23. The average Bonchev–Trinajstić information content (AvgIpc) is 3.35. The van der Waals surface area contributed by atoms with E-state index < -0.39 is 35.3 Å². The number of carbonyl (C=O) groups is 3. The van der Waals surface area contributed by atoms with Crippen molar-refractivity contribution in [2.24, 2.45) is 0 Å². The number of rotatable bonds is 5. The SMILES string of the molecule is COC(=O)c1sc(N2C(=O)C(=O)C(=C(O)c3cccc(OC)c3)C2c2ccccc2F)nc1C. The van der Waals surface area contributed by atoms with Gasteiger partial charge in [-0.3, -0.25) is 14.5 Å². The quantitative estimate of drug-likeness (QED) is 0.253. The Balaban J connectivity index is 1.96. The van der Waals surface area contributed by atoms with Gasteiger partial charge in [0, 0.05) is 11.1 Å². The molecule has 4 rings (SSSR count). The Morgan fingerprint density at radius 3 is 2.56 bits per heavy atom. The minimum atomic E-state index is -1.32. The number of benzene rings is 2. The smallest absolute Gasteiger partial charge is 0.350 e. The number of nitrogens with zero attached hydrogens (tertiary/aromatic N) is 2. The summed E-state index contributed by atoms with van der Waals surface area (Å²) in [4.78, 5) is 43.8. The second-order valence-electron chi connectivity index (χ2n) is 7.33. The molecule has 3 aromatic rings. The van der Waals surface area contributed by atoms with Crippen LogP contribution < -0.4 is 9.64 Å². The van der Waals surface area contributed by atoms with Crippen LogP contribution in [-0.4, -0.2) is 42.0 Å². The predicted molar refractivity (Wildman–Crippen MR) is 122 cm³/mol. The van der Waals surface area contributed by atoms with Gasteiger partial charge in [0.15, 0.2) is 5.13 Å². The van der Waals surface area contributed by atoms with Crippen molar-refractivity contribution in [1.29, 1.82) is 0 Å². The molecule has 2 aromatic carbocycles. The van der Waals surface area contributed by atoms with Gasteiger partial charge in [-0.1, -0.05) is 41.7 Å². The van der Waals surface area contributed by atoms with Crippen LogP contribution in [0.5, 0.6) is 5.75 Å². The number of methoxy groups -OCH3 is 2. The standard InChI is InChI=1S/C24H19FN2O6S/c1-12-21(23(31)33-3)34-24(26-12)27-18(15-9-4-5-10-16(15)25)17(20(29)22(27)30)19(28)13-7-6-8-14(11-13)32-2/h4-11,18,28H,1-3H3. The molecule has 1 aliphatic rings. The largest absolute Gasteiger partial charge is 0.507 e. The molecule has 0 saturated carbocycles. The molecule has 8 nitrogen and oxygen atoms in total. The summed E-state index contributed by atoms with van der Waals surface area (Å²) < 4.78 is 24.9. The molecule has 0 radical (unpaired) electrons. The van der Waals surface area contributed by atoms with Crippen LogP contribution in [0.2, 0.25) is 0 Å². The number of ketones is 1. The molecule has 1 unspecified atom stereocenters. The minimum Gasteiger partial charge on any atom is -0.507 e. The highest BCUT2D eigenvalue weighted by molar-refractivity contribution is 7.17. The maximum absolute atomic E-state index is 14.9. The van der Waals surface area contributed by atoms with E-state index in [9.17, 15) is 23.9 Å². The van der Waals surface area contributed by atoms with Crippen molar-refractivity contribution in [1.82, 2.24) is 4.98 Å². The number of halogens is 1. The molecule has 0 aliphatic carbocycles. The molecule has 1 atom stereocenters. The number of hydrogen-bond donors (Lipinski definition) is 1. The molecule has 34 heavy (non-hydrogen) atoms. The van der Waals surface area contributed by atoms with Gasteiger partial charge in [-0.15, -0.1) is 0 Å². The minimum absolute atomic E-state index is 0.00190. The Morgan fingerprint density at radius 1 is 1.15 bits per heavy atom. The summed E-state index contributed by atoms with van der Waals surface area (Å²) in [7, 11) is 2.65. The fourth-order valence-electron chi connectivity index (χ4n) is 3.71. The summed E-state index contributed by atoms with van der Waals surface area (Å²) in [5.41, 5.74) is 0.174. The second kappa shape index (κ2) is 9.06. The second-order valence-corrected chi connectivity index (χ2v) is 8.30. The van der Waals surface area contributed by atoms with E-state index in [1.807, 2.05) is 0 Å². The molecule has 1 aliphatic heterocycles. The van der Waals surface area contributed by atoms with E-state index in [2.05, 4.69) is 4.98 Å². The summed E-state index contributed by atoms with van der Waals surface area (Å²) in [6.07, 6.45) is 0. The van der Waals surface area contributed by atoms with Gasteiger partial charge < -0.3 is 14.6 Å². The van der Waals surface area contributed by atoms with Gasteiger partial charge >= 0.3 is 11.9 Å². The molecule has 174 valence electrons. The monoisotopic (exact) mass is 482 g/mol. The van der Waals surface area contributed by atoms with Gasteiger partial charge in [-0.05, 0) is 25.1 Å². The maximum Gasteiger partial charge on any atom is 0.350 e. The Morgan fingerprint density at radius 2 is 1.88 bits per heavy atom. The molecule has 1 N–H and O–H groups in total. The molecule has 1 amide bonds. The van der Waals surface area contributed by atoms with Gasteiger partial charge in [0.25, 0.3) is 5.78 Å². The van der Waals surface area contributed by atoms with Crippen molar-refractivity contribution >= 4 is 39.9 Å². The first kappa shape index (κ1) is 23.1. The van der Waals surface area contributed by atoms with Crippen molar-refractivity contribution in [3.05, 3.63) is 81.6 Å². The molecular weight excluding hydrogens is 463 g/mol. The zero-order valence-corrected chi connectivity index (χ0v) is 19.2. The van der Waals surface area contributed by atoms with Crippen LogP contribution >= 0.6 is 11.3 Å². The van der Waals surface area contributed by atoms with Gasteiger partial charge in [0.1, 0.15) is 28.2 Å². The third kappa shape index (κ3) is 3.81. The van der Waals surface area contributed by atoms with Gasteiger partial charge in [0.05, 0.1) is 25.5 Å². The van der Waals surface area contributed by atoms with E-state index in [0.717, 1.165) is 16.2 Å². The Hall–Kier alpha value is -4.05. The van der Waals surface area contributed by atoms with Crippen LogP contribution in [0.1, 0.15) is 32.5 Å². The molecule has 1 fully saturated rings. The molecule has 1 aromatic heterocycles. The third-order valence-electron chi connectivity index (χ3n) is 5.35. The van der Waals surface area contributed by atoms with Crippen LogP contribution in [0.15, 0.2) is 54.1 Å². The fourth-order valence-corrected chi connectivity index (χ4v) is 4.73. The molecule has 2 heterocycles. The number of amides is 1. The van der Waals surface area contributed by atoms with Crippen LogP contribution in [0.25, 0.3) is 5.76 Å². The maximum atomic E-state index is 14.9. The van der Waals surface area contributed by atoms with Crippen molar-refractivity contribution < 1.29 is 33.4 Å². The van der Waals surface area contributed by atoms with Crippen molar-refractivity contribution in [3.8, 4) is 5.75 Å². The van der Waals surface area contributed by atoms with Crippen molar-refractivity contribution in [3.63, 3.8) is 0 Å². The van der Waals surface area contributed by atoms with Crippen LogP contribution in [0, 0.1) is 12.7 Å². The van der Waals surface area contributed by atoms with E-state index >= 15 is 0 Å². The highest BCUT2D eigenvalue weighted by Crippen LogP contribution is 2.44. The Kier molecular flexibility index (Phi) is 6.16. The number of esters is 1. The normalized spacial score (nSPS) is 17.2. The van der Waals surface area contributed by atoms with E-state index in [-0.39, 0.29) is 32.4 Å². The van der Waals surface area contributed by atoms with Gasteiger partial charge in [0.2, 0.25) is 0 Å². The van der Waals surface area contributed by atoms with E-state index in [4.69, 9.17) is 9.47 Å². The van der Waals surface area contributed by atoms with E-state index in [1.54, 1.807) is 25.1 Å². The summed E-state index contributed by atoms with van der Waals surface area (Å²) in [6.45, 7) is 1.55. The highest BCUT2D eigenvalue weighted by Gasteiger charge is 2.49. The number of aliphatic hydroxyl groups excluding tert-OH is 1. The third-order valence-corrected chi connectivity index (χ3v) is 6.49. The summed E-state index contributed by atoms with van der Waals surface area (Å²) in [5, 5.41) is 11.1. The van der Waals surface area contributed by atoms with Crippen LogP contribution in [0.3, 0.4) is 0 Å². The lowest BCUT2D eigenvalue weighted by molar-refractivity contribution is -0.132. The van der Waals surface area contributed by atoms with E-state index in [0.29, 0.717) is 5.75 Å². The van der Waals surface area contributed by atoms with Crippen molar-refractivity contribution in [2.75, 3.05) is 19.1 Å². The number of thiazole rings is 1. The Labute approximate surface area is 197 Å². The highest BCUT2D eigenvalue weighted by atomic mass is 32.1. The lowest BCUT2D eigenvalue weighted by atomic mass is 9.95. The summed E-state index contributed by atoms with van der Waals surface area (Å²) in [5.74, 6) is -3.44.